The van der Waals surface area contributed by atoms with Gasteiger partial charge in [-0.3, -0.25) is 4.99 Å². The highest BCUT2D eigenvalue weighted by atomic mass is 32.1. The van der Waals surface area contributed by atoms with Gasteiger partial charge in [-0.05, 0) is 5.92 Å². The molecule has 0 aliphatic heterocycles. The predicted octanol–water partition coefficient (Wildman–Crippen LogP) is 4.26. The van der Waals surface area contributed by atoms with E-state index in [2.05, 4.69) is 57.4 Å². The Morgan fingerprint density at radius 2 is 1.81 bits per heavy atom. The van der Waals surface area contributed by atoms with Crippen LogP contribution in [0.3, 0.4) is 0 Å². The highest BCUT2D eigenvalue weighted by Gasteiger charge is 2.08. The molecule has 3 aromatic rings. The fourth-order valence-electron chi connectivity index (χ4n) is 2.33. The monoisotopic (exact) mass is 385 g/mol. The summed E-state index contributed by atoms with van der Waals surface area (Å²) < 4.78 is 0. The van der Waals surface area contributed by atoms with E-state index in [4.69, 9.17) is 4.98 Å². The van der Waals surface area contributed by atoms with E-state index in [1.807, 2.05) is 18.2 Å². The summed E-state index contributed by atoms with van der Waals surface area (Å²) in [5.41, 5.74) is 3.30. The van der Waals surface area contributed by atoms with E-state index >= 15 is 0 Å². The Kier molecular flexibility index (Phi) is 6.35. The first-order chi connectivity index (χ1) is 12.7. The highest BCUT2D eigenvalue weighted by Crippen LogP contribution is 2.23. The van der Waals surface area contributed by atoms with Crippen LogP contribution in [-0.4, -0.2) is 23.0 Å². The first kappa shape index (κ1) is 18.5. The molecule has 2 N–H and O–H groups in total. The van der Waals surface area contributed by atoms with Gasteiger partial charge in [-0.25, -0.2) is 9.97 Å². The number of benzene rings is 1. The molecule has 0 unspecified atom stereocenters. The quantitative estimate of drug-likeness (QED) is 0.492. The van der Waals surface area contributed by atoms with Gasteiger partial charge in [0.1, 0.15) is 10.0 Å². The molecule has 2 aromatic heterocycles. The Bertz CT molecular complexity index is 852. The van der Waals surface area contributed by atoms with E-state index in [1.54, 1.807) is 29.7 Å². The van der Waals surface area contributed by atoms with Crippen molar-refractivity contribution in [1.29, 1.82) is 0 Å². The van der Waals surface area contributed by atoms with Gasteiger partial charge < -0.3 is 10.6 Å². The van der Waals surface area contributed by atoms with Crippen molar-refractivity contribution in [3.05, 3.63) is 57.5 Å². The molecule has 0 bridgehead atoms. The van der Waals surface area contributed by atoms with Crippen molar-refractivity contribution in [2.24, 2.45) is 4.99 Å². The molecule has 0 atom stereocenters. The van der Waals surface area contributed by atoms with Crippen LogP contribution in [0.15, 0.2) is 46.1 Å². The zero-order valence-electron chi connectivity index (χ0n) is 15.2. The van der Waals surface area contributed by atoms with E-state index in [0.717, 1.165) is 32.9 Å². The molecular formula is C19H23N5S2. The summed E-state index contributed by atoms with van der Waals surface area (Å²) in [6, 6.07) is 10.2. The van der Waals surface area contributed by atoms with Gasteiger partial charge in [0.2, 0.25) is 0 Å². The average molecular weight is 386 g/mol. The Hall–Kier alpha value is -2.25. The van der Waals surface area contributed by atoms with Crippen LogP contribution in [0.4, 0.5) is 0 Å². The van der Waals surface area contributed by atoms with Crippen molar-refractivity contribution in [2.75, 3.05) is 7.05 Å². The molecule has 1 aromatic carbocycles. The van der Waals surface area contributed by atoms with Crippen LogP contribution in [0.1, 0.15) is 36.2 Å². The van der Waals surface area contributed by atoms with E-state index in [0.29, 0.717) is 19.0 Å². The summed E-state index contributed by atoms with van der Waals surface area (Å²) in [6.45, 7) is 5.62. The second-order valence-corrected chi connectivity index (χ2v) is 7.91. The smallest absolute Gasteiger partial charge is 0.191 e. The van der Waals surface area contributed by atoms with E-state index in [9.17, 15) is 0 Å². The maximum Gasteiger partial charge on any atom is 0.191 e. The summed E-state index contributed by atoms with van der Waals surface area (Å²) in [7, 11) is 1.77. The molecule has 5 nitrogen and oxygen atoms in total. The van der Waals surface area contributed by atoms with Gasteiger partial charge in [-0.2, -0.15) is 0 Å². The van der Waals surface area contributed by atoms with Gasteiger partial charge in [0.25, 0.3) is 0 Å². The molecule has 0 amide bonds. The van der Waals surface area contributed by atoms with Gasteiger partial charge in [0.15, 0.2) is 5.96 Å². The fraction of sp³-hybridized carbons (Fsp3) is 0.316. The molecule has 3 rings (SSSR count). The van der Waals surface area contributed by atoms with E-state index in [1.165, 1.54) is 0 Å². The molecule has 0 saturated heterocycles. The lowest BCUT2D eigenvalue weighted by atomic mass is 10.2. The predicted molar refractivity (Wildman–Crippen MR) is 111 cm³/mol. The van der Waals surface area contributed by atoms with Gasteiger partial charge in [0.05, 0.1) is 24.5 Å². The third kappa shape index (κ3) is 4.89. The van der Waals surface area contributed by atoms with E-state index < -0.39 is 0 Å². The molecule has 0 aliphatic rings. The Morgan fingerprint density at radius 1 is 1.04 bits per heavy atom. The third-order valence-electron chi connectivity index (χ3n) is 3.80. The normalized spacial score (nSPS) is 11.8. The van der Waals surface area contributed by atoms with Crippen LogP contribution >= 0.6 is 22.7 Å². The lowest BCUT2D eigenvalue weighted by molar-refractivity contribution is 0.780. The Labute approximate surface area is 162 Å². The molecule has 7 heteroatoms. The summed E-state index contributed by atoms with van der Waals surface area (Å²) in [6.07, 6.45) is 0. The van der Waals surface area contributed by atoms with Crippen LogP contribution in [0.25, 0.3) is 10.6 Å². The number of hydrogen-bond acceptors (Lipinski definition) is 5. The second kappa shape index (κ2) is 8.91. The summed E-state index contributed by atoms with van der Waals surface area (Å²) >= 11 is 3.34. The molecule has 0 aliphatic carbocycles. The van der Waals surface area contributed by atoms with Crippen LogP contribution in [0.2, 0.25) is 0 Å². The molecule has 136 valence electrons. The molecular weight excluding hydrogens is 362 g/mol. The molecule has 0 spiro atoms. The van der Waals surface area contributed by atoms with Crippen molar-refractivity contribution < 1.29 is 0 Å². The topological polar surface area (TPSA) is 62.2 Å². The maximum absolute atomic E-state index is 4.69. The molecule has 26 heavy (non-hydrogen) atoms. The number of rotatable bonds is 6. The van der Waals surface area contributed by atoms with Crippen LogP contribution in [0, 0.1) is 0 Å². The standard InChI is InChI=1S/C19H23N5S2/c1-13(2)16-12-25-17(24-16)10-22-19(20-3)21-9-15-11-26-18(23-15)14-7-5-4-6-8-14/h4-8,11-13H,9-10H2,1-3H3,(H2,20,21,22). The number of guanidine groups is 1. The fourth-order valence-corrected chi connectivity index (χ4v) is 4.05. The number of nitrogens with one attached hydrogen (secondary N) is 2. The lowest BCUT2D eigenvalue weighted by Gasteiger charge is -2.09. The molecule has 0 saturated carbocycles. The van der Waals surface area contributed by atoms with Crippen LogP contribution in [0.5, 0.6) is 0 Å². The van der Waals surface area contributed by atoms with Crippen molar-refractivity contribution >= 4 is 28.6 Å². The molecule has 2 heterocycles. The summed E-state index contributed by atoms with van der Waals surface area (Å²) in [5, 5.41) is 12.9. The highest BCUT2D eigenvalue weighted by molar-refractivity contribution is 7.13. The van der Waals surface area contributed by atoms with Gasteiger partial charge >= 0.3 is 0 Å². The van der Waals surface area contributed by atoms with Gasteiger partial charge in [-0.15, -0.1) is 22.7 Å². The second-order valence-electron chi connectivity index (χ2n) is 6.11. The van der Waals surface area contributed by atoms with Gasteiger partial charge in [-0.1, -0.05) is 44.2 Å². The summed E-state index contributed by atoms with van der Waals surface area (Å²) in [5.74, 6) is 1.21. The lowest BCUT2D eigenvalue weighted by Crippen LogP contribution is -2.36. The maximum atomic E-state index is 4.69. The van der Waals surface area contributed by atoms with Crippen LogP contribution in [-0.2, 0) is 13.1 Å². The molecule has 0 fully saturated rings. The first-order valence-electron chi connectivity index (χ1n) is 8.54. The van der Waals surface area contributed by atoms with Gasteiger partial charge in [0, 0.05) is 23.4 Å². The SMILES string of the molecule is CN=C(NCc1csc(-c2ccccc2)n1)NCc1nc(C(C)C)cs1. The zero-order chi connectivity index (χ0) is 18.4. The number of thiazole rings is 2. The van der Waals surface area contributed by atoms with Crippen molar-refractivity contribution in [1.82, 2.24) is 20.6 Å². The largest absolute Gasteiger partial charge is 0.351 e. The van der Waals surface area contributed by atoms with Crippen molar-refractivity contribution in [3.8, 4) is 10.6 Å². The molecule has 0 radical (unpaired) electrons. The Balaban J connectivity index is 1.52. The minimum atomic E-state index is 0.459. The van der Waals surface area contributed by atoms with Crippen molar-refractivity contribution in [3.63, 3.8) is 0 Å². The summed E-state index contributed by atoms with van der Waals surface area (Å²) in [4.78, 5) is 13.6. The minimum absolute atomic E-state index is 0.459. The number of aliphatic imine (C=N–C) groups is 1. The minimum Gasteiger partial charge on any atom is -0.351 e. The Morgan fingerprint density at radius 3 is 2.50 bits per heavy atom. The number of hydrogen-bond donors (Lipinski definition) is 2. The zero-order valence-corrected chi connectivity index (χ0v) is 16.8. The average Bonchev–Trinajstić information content (AvgIpc) is 3.32. The van der Waals surface area contributed by atoms with Crippen LogP contribution < -0.4 is 10.6 Å². The van der Waals surface area contributed by atoms with E-state index in [-0.39, 0.29) is 0 Å². The first-order valence-corrected chi connectivity index (χ1v) is 10.3. The number of aromatic nitrogens is 2. The third-order valence-corrected chi connectivity index (χ3v) is 5.61. The van der Waals surface area contributed by atoms with Crippen molar-refractivity contribution in [2.45, 2.75) is 32.9 Å². The number of nitrogens with zero attached hydrogens (tertiary/aromatic N) is 3.